The number of nitrogens with one attached hydrogen (secondary N) is 2. The highest BCUT2D eigenvalue weighted by molar-refractivity contribution is 5.94. The van der Waals surface area contributed by atoms with Crippen LogP contribution >= 0.6 is 0 Å². The number of hydrogen-bond donors (Lipinski definition) is 2. The van der Waals surface area contributed by atoms with Gasteiger partial charge in [0.25, 0.3) is 0 Å². The van der Waals surface area contributed by atoms with Crippen molar-refractivity contribution in [3.8, 4) is 0 Å². The lowest BCUT2D eigenvalue weighted by molar-refractivity contribution is -0.282. The number of alkyl halides is 3. The molecule has 0 saturated carbocycles. The topological polar surface area (TPSA) is 76.7 Å². The lowest BCUT2D eigenvalue weighted by Gasteiger charge is -2.33. The average molecular weight is 352 g/mol. The number of benzene rings is 1. The Morgan fingerprint density at radius 2 is 1.67 bits per heavy atom. The monoisotopic (exact) mass is 352 g/mol. The van der Waals surface area contributed by atoms with Gasteiger partial charge in [0.2, 0.25) is 0 Å². The first-order chi connectivity index (χ1) is 11.2. The third kappa shape index (κ3) is 4.57. The zero-order valence-electron chi connectivity index (χ0n) is 12.9. The first kappa shape index (κ1) is 19.7. The molecule has 0 aliphatic heterocycles. The van der Waals surface area contributed by atoms with Crippen LogP contribution in [0.5, 0.6) is 0 Å². The number of hydrogen-bond acceptors (Lipinski definition) is 4. The molecule has 2 amide bonds. The molecular weight excluding hydrogens is 336 g/mol. The van der Waals surface area contributed by atoms with E-state index in [-0.39, 0.29) is 12.3 Å². The van der Waals surface area contributed by atoms with Crippen molar-refractivity contribution in [1.29, 1.82) is 0 Å². The molecule has 6 nitrogen and oxygen atoms in total. The van der Waals surface area contributed by atoms with Crippen molar-refractivity contribution in [2.45, 2.75) is 25.7 Å². The van der Waals surface area contributed by atoms with E-state index in [1.807, 2.05) is 5.32 Å². The molecule has 0 heterocycles. The summed E-state index contributed by atoms with van der Waals surface area (Å²) in [6.07, 6.45) is -5.27. The summed E-state index contributed by atoms with van der Waals surface area (Å²) in [6.45, 7) is 1.67. The Morgan fingerprint density at radius 1 is 1.08 bits per heavy atom. The van der Waals surface area contributed by atoms with Gasteiger partial charge >= 0.3 is 23.9 Å². The Hall–Kier alpha value is -2.36. The number of rotatable bonds is 6. The van der Waals surface area contributed by atoms with Gasteiger partial charge in [-0.05, 0) is 38.1 Å². The van der Waals surface area contributed by atoms with E-state index in [4.69, 9.17) is 0 Å². The van der Waals surface area contributed by atoms with Crippen LogP contribution in [0.25, 0.3) is 0 Å². The third-order valence-electron chi connectivity index (χ3n) is 2.71. The molecule has 0 bridgehead atoms. The maximum absolute atomic E-state index is 13.4. The van der Waals surface area contributed by atoms with Crippen molar-refractivity contribution in [1.82, 2.24) is 5.32 Å². The first-order valence-electron chi connectivity index (χ1n) is 6.89. The number of anilines is 1. The molecule has 1 aromatic carbocycles. The van der Waals surface area contributed by atoms with E-state index in [0.29, 0.717) is 0 Å². The van der Waals surface area contributed by atoms with Crippen LogP contribution < -0.4 is 10.6 Å². The van der Waals surface area contributed by atoms with Crippen LogP contribution in [0, 0.1) is 5.82 Å². The maximum Gasteiger partial charge on any atom is 0.448 e. The Labute approximate surface area is 135 Å². The zero-order chi connectivity index (χ0) is 18.4. The highest BCUT2D eigenvalue weighted by Crippen LogP contribution is 2.33. The summed E-state index contributed by atoms with van der Waals surface area (Å²) in [5.41, 5.74) is -3.63. The number of amides is 2. The summed E-state index contributed by atoms with van der Waals surface area (Å²) in [5, 5.41) is 3.50. The molecule has 1 rings (SSSR count). The van der Waals surface area contributed by atoms with Gasteiger partial charge in [-0.25, -0.2) is 14.0 Å². The Morgan fingerprint density at radius 3 is 2.12 bits per heavy atom. The Balaban J connectivity index is 3.04. The fourth-order valence-corrected chi connectivity index (χ4v) is 1.72. The molecule has 0 aromatic heterocycles. The summed E-state index contributed by atoms with van der Waals surface area (Å²) >= 11 is 0. The minimum Gasteiger partial charge on any atom is -0.462 e. The fourth-order valence-electron chi connectivity index (χ4n) is 1.72. The Kier molecular flexibility index (Phi) is 6.52. The van der Waals surface area contributed by atoms with E-state index < -0.39 is 36.3 Å². The van der Waals surface area contributed by atoms with Crippen molar-refractivity contribution in [3.05, 3.63) is 30.1 Å². The normalized spacial score (nSPS) is 13.8. The molecule has 0 fully saturated rings. The first-order valence-corrected chi connectivity index (χ1v) is 6.89. The summed E-state index contributed by atoms with van der Waals surface area (Å²) in [6, 6.07) is 2.89. The average Bonchev–Trinajstić information content (AvgIpc) is 2.48. The molecule has 1 aromatic rings. The molecule has 0 unspecified atom stereocenters. The van der Waals surface area contributed by atoms with Crippen LogP contribution in [0.1, 0.15) is 13.8 Å². The molecule has 24 heavy (non-hydrogen) atoms. The second-order valence-electron chi connectivity index (χ2n) is 4.42. The molecule has 134 valence electrons. The smallest absolute Gasteiger partial charge is 0.448 e. The number of carbonyl (C=O) groups excluding carboxylic acids is 2. The highest BCUT2D eigenvalue weighted by atomic mass is 19.4. The highest BCUT2D eigenvalue weighted by Gasteiger charge is 2.64. The minimum atomic E-state index is -5.27. The van der Waals surface area contributed by atoms with Crippen molar-refractivity contribution >= 4 is 17.7 Å². The molecule has 2 N–H and O–H groups in total. The predicted octanol–water partition coefficient (Wildman–Crippen LogP) is 2.81. The summed E-state index contributed by atoms with van der Waals surface area (Å²) in [7, 11) is 0. The molecule has 0 aliphatic rings. The van der Waals surface area contributed by atoms with Crippen molar-refractivity contribution < 1.29 is 36.6 Å². The van der Waals surface area contributed by atoms with E-state index in [1.165, 1.54) is 19.2 Å². The zero-order valence-corrected chi connectivity index (χ0v) is 12.9. The van der Waals surface area contributed by atoms with Gasteiger partial charge in [0, 0.05) is 12.3 Å². The van der Waals surface area contributed by atoms with Gasteiger partial charge < -0.3 is 14.8 Å². The second kappa shape index (κ2) is 7.95. The van der Waals surface area contributed by atoms with Crippen LogP contribution in [0.15, 0.2) is 24.3 Å². The van der Waals surface area contributed by atoms with Gasteiger partial charge in [-0.3, -0.25) is 5.32 Å². The van der Waals surface area contributed by atoms with Gasteiger partial charge in [-0.1, -0.05) is 0 Å². The van der Waals surface area contributed by atoms with E-state index >= 15 is 0 Å². The number of carbonyl (C=O) groups is 2. The van der Waals surface area contributed by atoms with E-state index in [9.17, 15) is 27.2 Å². The summed E-state index contributed by atoms with van der Waals surface area (Å²) < 4.78 is 61.8. The van der Waals surface area contributed by atoms with Crippen LogP contribution in [0.4, 0.5) is 28.0 Å². The van der Waals surface area contributed by atoms with Gasteiger partial charge in [0.15, 0.2) is 0 Å². The van der Waals surface area contributed by atoms with Crippen LogP contribution in [0.2, 0.25) is 0 Å². The predicted molar refractivity (Wildman–Crippen MR) is 75.6 cm³/mol. The van der Waals surface area contributed by atoms with Crippen LogP contribution in [-0.2, 0) is 14.3 Å². The second-order valence-corrected chi connectivity index (χ2v) is 4.42. The van der Waals surface area contributed by atoms with Gasteiger partial charge in [0.05, 0.1) is 6.61 Å². The number of esters is 1. The maximum atomic E-state index is 13.4. The number of ether oxygens (including phenoxy) is 2. The van der Waals surface area contributed by atoms with Crippen molar-refractivity contribution in [2.75, 3.05) is 18.5 Å². The SMILES string of the molecule is CCOC(=O)[C@@](NC(=O)Nc1ccc(F)cc1)(OCC)C(F)(F)F. The molecule has 0 aliphatic carbocycles. The van der Waals surface area contributed by atoms with Crippen LogP contribution in [-0.4, -0.2) is 37.1 Å². The molecular formula is C14H16F4N2O4. The molecule has 1 atom stereocenters. The summed E-state index contributed by atoms with van der Waals surface area (Å²) in [5.74, 6) is -2.39. The summed E-state index contributed by atoms with van der Waals surface area (Å²) in [4.78, 5) is 23.6. The van der Waals surface area contributed by atoms with E-state index in [2.05, 4.69) is 9.47 Å². The molecule has 0 spiro atoms. The van der Waals surface area contributed by atoms with Gasteiger partial charge in [-0.15, -0.1) is 0 Å². The Bertz CT molecular complexity index is 577. The molecule has 0 saturated heterocycles. The largest absolute Gasteiger partial charge is 0.462 e. The molecule has 10 heteroatoms. The van der Waals surface area contributed by atoms with Crippen LogP contribution in [0.3, 0.4) is 0 Å². The van der Waals surface area contributed by atoms with E-state index in [0.717, 1.165) is 24.3 Å². The minimum absolute atomic E-state index is 0.0188. The third-order valence-corrected chi connectivity index (χ3v) is 2.71. The van der Waals surface area contributed by atoms with Gasteiger partial charge in [0.1, 0.15) is 5.82 Å². The van der Waals surface area contributed by atoms with Crippen molar-refractivity contribution in [2.24, 2.45) is 0 Å². The lowest BCUT2D eigenvalue weighted by atomic mass is 10.2. The standard InChI is InChI=1S/C14H16F4N2O4/c1-3-23-11(21)13(24-4-2,14(16,17)18)20-12(22)19-10-7-5-9(15)6-8-10/h5-8H,3-4H2,1-2H3,(H2,19,20,22)/t13-/m1/s1. The molecule has 0 radical (unpaired) electrons. The lowest BCUT2D eigenvalue weighted by Crippen LogP contribution is -2.67. The van der Waals surface area contributed by atoms with E-state index in [1.54, 1.807) is 0 Å². The fraction of sp³-hybridized carbons (Fsp3) is 0.429. The quantitative estimate of drug-likeness (QED) is 0.469. The van der Waals surface area contributed by atoms with Gasteiger partial charge in [-0.2, -0.15) is 13.2 Å². The van der Waals surface area contributed by atoms with Crippen molar-refractivity contribution in [3.63, 3.8) is 0 Å². The number of halogens is 4. The number of urea groups is 1.